The molecule has 0 saturated heterocycles. The Labute approximate surface area is 120 Å². The average molecular weight is 273 g/mol. The molecule has 1 aromatic carbocycles. The van der Waals surface area contributed by atoms with Gasteiger partial charge >= 0.3 is 0 Å². The Morgan fingerprint density at radius 2 is 2.15 bits per heavy atom. The third kappa shape index (κ3) is 4.70. The zero-order valence-electron chi connectivity index (χ0n) is 12.2. The number of rotatable bonds is 8. The van der Waals surface area contributed by atoms with Gasteiger partial charge in [0.15, 0.2) is 0 Å². The molecule has 1 heterocycles. The van der Waals surface area contributed by atoms with Crippen LogP contribution in [0.25, 0.3) is 0 Å². The van der Waals surface area contributed by atoms with Crippen molar-refractivity contribution in [1.29, 1.82) is 0 Å². The summed E-state index contributed by atoms with van der Waals surface area (Å²) in [7, 11) is 0. The van der Waals surface area contributed by atoms with Crippen LogP contribution in [0.5, 0.6) is 5.75 Å². The molecule has 0 radical (unpaired) electrons. The molecule has 0 spiro atoms. The number of ether oxygens (including phenoxy) is 1. The minimum absolute atomic E-state index is 0.650. The van der Waals surface area contributed by atoms with Crippen molar-refractivity contribution in [3.05, 3.63) is 48.5 Å². The predicted molar refractivity (Wildman–Crippen MR) is 80.7 cm³/mol. The number of para-hydroxylation sites is 1. The summed E-state index contributed by atoms with van der Waals surface area (Å²) in [5, 5.41) is 3.45. The van der Waals surface area contributed by atoms with Crippen molar-refractivity contribution in [3.63, 3.8) is 0 Å². The van der Waals surface area contributed by atoms with E-state index >= 15 is 0 Å². The highest BCUT2D eigenvalue weighted by molar-refractivity contribution is 5.33. The molecule has 1 N–H and O–H groups in total. The van der Waals surface area contributed by atoms with Crippen LogP contribution < -0.4 is 10.1 Å². The molecule has 0 bridgehead atoms. The van der Waals surface area contributed by atoms with Gasteiger partial charge in [-0.05, 0) is 18.5 Å². The van der Waals surface area contributed by atoms with E-state index in [1.807, 2.05) is 22.9 Å². The van der Waals surface area contributed by atoms with Gasteiger partial charge in [0.25, 0.3) is 0 Å². The Morgan fingerprint density at radius 3 is 2.90 bits per heavy atom. The second-order valence-electron chi connectivity index (χ2n) is 5.28. The molecule has 4 heteroatoms. The molecule has 0 atom stereocenters. The normalized spacial score (nSPS) is 10.9. The van der Waals surface area contributed by atoms with Gasteiger partial charge in [-0.25, -0.2) is 4.98 Å². The Morgan fingerprint density at radius 1 is 1.30 bits per heavy atom. The van der Waals surface area contributed by atoms with Gasteiger partial charge in [-0.15, -0.1) is 0 Å². The Hall–Kier alpha value is -1.81. The van der Waals surface area contributed by atoms with E-state index in [2.05, 4.69) is 36.3 Å². The summed E-state index contributed by atoms with van der Waals surface area (Å²) in [4.78, 5) is 4.02. The lowest BCUT2D eigenvalue weighted by Gasteiger charge is -2.13. The quantitative estimate of drug-likeness (QED) is 0.804. The van der Waals surface area contributed by atoms with Crippen LogP contribution in [-0.4, -0.2) is 22.7 Å². The molecule has 0 unspecified atom stereocenters. The zero-order valence-corrected chi connectivity index (χ0v) is 12.2. The first-order valence-electron chi connectivity index (χ1n) is 7.13. The van der Waals surface area contributed by atoms with Crippen molar-refractivity contribution in [2.45, 2.75) is 26.9 Å². The number of nitrogens with one attached hydrogen (secondary N) is 1. The molecule has 0 amide bonds. The van der Waals surface area contributed by atoms with E-state index < -0.39 is 0 Å². The monoisotopic (exact) mass is 273 g/mol. The Bertz CT molecular complexity index is 494. The second kappa shape index (κ2) is 7.70. The number of imidazole rings is 1. The minimum Gasteiger partial charge on any atom is -0.491 e. The molecule has 2 aromatic rings. The molecule has 4 nitrogen and oxygen atoms in total. The molecule has 108 valence electrons. The van der Waals surface area contributed by atoms with Crippen molar-refractivity contribution in [2.75, 3.05) is 13.2 Å². The lowest BCUT2D eigenvalue weighted by Crippen LogP contribution is -2.19. The van der Waals surface area contributed by atoms with Gasteiger partial charge in [-0.2, -0.15) is 0 Å². The summed E-state index contributed by atoms with van der Waals surface area (Å²) in [5.41, 5.74) is 1.21. The first-order valence-corrected chi connectivity index (χ1v) is 7.13. The molecule has 0 aliphatic carbocycles. The van der Waals surface area contributed by atoms with E-state index in [-0.39, 0.29) is 0 Å². The summed E-state index contributed by atoms with van der Waals surface area (Å²) < 4.78 is 7.89. The van der Waals surface area contributed by atoms with Crippen LogP contribution in [0.3, 0.4) is 0 Å². The number of hydrogen-bond donors (Lipinski definition) is 1. The molecule has 0 aliphatic heterocycles. The molecule has 20 heavy (non-hydrogen) atoms. The smallest absolute Gasteiger partial charge is 0.123 e. The van der Waals surface area contributed by atoms with Crippen LogP contribution in [0.1, 0.15) is 19.4 Å². The minimum atomic E-state index is 0.650. The summed E-state index contributed by atoms with van der Waals surface area (Å²) >= 11 is 0. The highest BCUT2D eigenvalue weighted by Gasteiger charge is 2.03. The van der Waals surface area contributed by atoms with E-state index in [4.69, 9.17) is 4.74 Å². The van der Waals surface area contributed by atoms with Crippen LogP contribution >= 0.6 is 0 Å². The highest BCUT2D eigenvalue weighted by Crippen LogP contribution is 2.17. The number of aromatic nitrogens is 2. The number of benzene rings is 1. The third-order valence-electron chi connectivity index (χ3n) is 3.01. The van der Waals surface area contributed by atoms with Gasteiger partial charge in [-0.1, -0.05) is 32.0 Å². The van der Waals surface area contributed by atoms with Crippen molar-refractivity contribution < 1.29 is 4.74 Å². The van der Waals surface area contributed by atoms with Crippen LogP contribution in [-0.2, 0) is 13.1 Å². The second-order valence-corrected chi connectivity index (χ2v) is 5.28. The van der Waals surface area contributed by atoms with Crippen molar-refractivity contribution in [1.82, 2.24) is 14.9 Å². The zero-order chi connectivity index (χ0) is 14.2. The first kappa shape index (κ1) is 14.6. The highest BCUT2D eigenvalue weighted by atomic mass is 16.5. The molecular formula is C16H23N3O. The summed E-state index contributed by atoms with van der Waals surface area (Å²) in [6.07, 6.45) is 5.53. The lowest BCUT2D eigenvalue weighted by molar-refractivity contribution is 0.294. The third-order valence-corrected chi connectivity index (χ3v) is 3.01. The van der Waals surface area contributed by atoms with Crippen molar-refractivity contribution in [3.8, 4) is 5.75 Å². The van der Waals surface area contributed by atoms with Gasteiger partial charge in [0.2, 0.25) is 0 Å². The van der Waals surface area contributed by atoms with Crippen LogP contribution in [0.4, 0.5) is 0 Å². The molecule has 0 fully saturated rings. The topological polar surface area (TPSA) is 39.1 Å². The van der Waals surface area contributed by atoms with Gasteiger partial charge in [0.1, 0.15) is 12.4 Å². The summed E-state index contributed by atoms with van der Waals surface area (Å²) in [6.45, 7) is 7.75. The van der Waals surface area contributed by atoms with Gasteiger partial charge in [0, 0.05) is 24.5 Å². The maximum atomic E-state index is 5.88. The largest absolute Gasteiger partial charge is 0.491 e. The molecule has 1 aromatic heterocycles. The predicted octanol–water partition coefficient (Wildman–Crippen LogP) is 2.71. The SMILES string of the molecule is CC(C)CNCc1ccccc1OCCn1ccnc1. The molecule has 2 rings (SSSR count). The standard InChI is InChI=1S/C16H23N3O/c1-14(2)11-18-12-15-5-3-4-6-16(15)20-10-9-19-8-7-17-13-19/h3-8,13-14,18H,9-12H2,1-2H3. The van der Waals surface area contributed by atoms with E-state index in [0.717, 1.165) is 25.4 Å². The fourth-order valence-corrected chi connectivity index (χ4v) is 1.97. The average Bonchev–Trinajstić information content (AvgIpc) is 2.93. The maximum Gasteiger partial charge on any atom is 0.123 e. The van der Waals surface area contributed by atoms with E-state index in [1.165, 1.54) is 5.56 Å². The Balaban J connectivity index is 1.83. The van der Waals surface area contributed by atoms with Crippen molar-refractivity contribution >= 4 is 0 Å². The number of hydrogen-bond acceptors (Lipinski definition) is 3. The maximum absolute atomic E-state index is 5.88. The molecule has 0 aliphatic rings. The van der Waals surface area contributed by atoms with E-state index in [0.29, 0.717) is 12.5 Å². The van der Waals surface area contributed by atoms with E-state index in [1.54, 1.807) is 12.5 Å². The lowest BCUT2D eigenvalue weighted by atomic mass is 10.2. The van der Waals surface area contributed by atoms with Gasteiger partial charge in [-0.3, -0.25) is 0 Å². The first-order chi connectivity index (χ1) is 9.75. The fourth-order valence-electron chi connectivity index (χ4n) is 1.97. The van der Waals surface area contributed by atoms with E-state index in [9.17, 15) is 0 Å². The summed E-state index contributed by atoms with van der Waals surface area (Å²) in [5.74, 6) is 1.62. The molecule has 0 saturated carbocycles. The van der Waals surface area contributed by atoms with Crippen LogP contribution in [0.2, 0.25) is 0 Å². The van der Waals surface area contributed by atoms with Gasteiger partial charge < -0.3 is 14.6 Å². The number of nitrogens with zero attached hydrogens (tertiary/aromatic N) is 2. The van der Waals surface area contributed by atoms with Gasteiger partial charge in [0.05, 0.1) is 12.9 Å². The van der Waals surface area contributed by atoms with Crippen molar-refractivity contribution in [2.24, 2.45) is 5.92 Å². The van der Waals surface area contributed by atoms with Crippen LogP contribution in [0.15, 0.2) is 43.0 Å². The molecular weight excluding hydrogens is 250 g/mol. The summed E-state index contributed by atoms with van der Waals surface area (Å²) in [6, 6.07) is 8.20. The van der Waals surface area contributed by atoms with Crippen LogP contribution in [0, 0.1) is 5.92 Å². The fraction of sp³-hybridized carbons (Fsp3) is 0.438. The Kier molecular flexibility index (Phi) is 5.62.